The Morgan fingerprint density at radius 2 is 2.17 bits per heavy atom. The summed E-state index contributed by atoms with van der Waals surface area (Å²) in [7, 11) is 1.77. The Bertz CT molecular complexity index is 338. The van der Waals surface area contributed by atoms with Crippen molar-refractivity contribution in [3.8, 4) is 0 Å². The van der Waals surface area contributed by atoms with Gasteiger partial charge in [0, 0.05) is 12.2 Å². The number of hydrogen-bond acceptors (Lipinski definition) is 3. The van der Waals surface area contributed by atoms with Crippen LogP contribution in [-0.2, 0) is 4.74 Å². The maximum absolute atomic E-state index is 13.0. The zero-order valence-corrected chi connectivity index (χ0v) is 11.1. The lowest BCUT2D eigenvalue weighted by atomic mass is 10.3. The van der Waals surface area contributed by atoms with Gasteiger partial charge in [0.05, 0.1) is 0 Å². The zero-order chi connectivity index (χ0) is 14.0. The zero-order valence-electron chi connectivity index (χ0n) is 11.1. The number of rotatable bonds is 7. The molecule has 1 unspecified atom stereocenters. The summed E-state index contributed by atoms with van der Waals surface area (Å²) in [5, 5.41) is 5.28. The molecule has 0 fully saturated rings. The van der Waals surface area contributed by atoms with Gasteiger partial charge < -0.3 is 10.1 Å². The summed E-state index contributed by atoms with van der Waals surface area (Å²) in [4.78, 5) is 11.3. The van der Waals surface area contributed by atoms with Crippen LogP contribution in [0.15, 0.2) is 36.3 Å². The molecule has 0 aromatic carbocycles. The Kier molecular flexibility index (Phi) is 8.57. The minimum Gasteiger partial charge on any atom is -0.445 e. The van der Waals surface area contributed by atoms with E-state index in [2.05, 4.69) is 17.2 Å². The average molecular weight is 256 g/mol. The van der Waals surface area contributed by atoms with E-state index in [0.29, 0.717) is 13.0 Å². The number of hydrogen-bond donors (Lipinski definition) is 2. The molecule has 0 aromatic rings. The molecule has 0 aliphatic heterocycles. The van der Waals surface area contributed by atoms with Crippen LogP contribution in [0.3, 0.4) is 0 Å². The van der Waals surface area contributed by atoms with Gasteiger partial charge in [-0.3, -0.25) is 5.32 Å². The van der Waals surface area contributed by atoms with Crippen molar-refractivity contribution in [2.45, 2.75) is 26.4 Å². The Labute approximate surface area is 108 Å². The minimum absolute atomic E-state index is 0.247. The lowest BCUT2D eigenvalue weighted by Crippen LogP contribution is -2.31. The van der Waals surface area contributed by atoms with Gasteiger partial charge in [-0.15, -0.1) is 0 Å². The summed E-state index contributed by atoms with van der Waals surface area (Å²) >= 11 is 0. The van der Waals surface area contributed by atoms with Crippen LogP contribution in [0.1, 0.15) is 20.3 Å². The fourth-order valence-electron chi connectivity index (χ4n) is 1.16. The predicted octanol–water partition coefficient (Wildman–Crippen LogP) is 2.65. The maximum atomic E-state index is 13.0. The third-order valence-corrected chi connectivity index (χ3v) is 1.91. The number of nitrogens with one attached hydrogen (secondary N) is 2. The first-order valence-corrected chi connectivity index (χ1v) is 5.84. The number of carbonyl (C=O) groups is 1. The van der Waals surface area contributed by atoms with Crippen molar-refractivity contribution in [3.63, 3.8) is 0 Å². The van der Waals surface area contributed by atoms with E-state index < -0.39 is 6.09 Å². The van der Waals surface area contributed by atoms with Crippen molar-refractivity contribution < 1.29 is 13.9 Å². The number of halogens is 1. The molecule has 102 valence electrons. The predicted molar refractivity (Wildman–Crippen MR) is 70.8 cm³/mol. The van der Waals surface area contributed by atoms with Crippen LogP contribution < -0.4 is 10.6 Å². The molecule has 0 rings (SSSR count). The van der Waals surface area contributed by atoms with E-state index in [1.54, 1.807) is 14.0 Å². The average Bonchev–Trinajstić information content (AvgIpc) is 2.26. The lowest BCUT2D eigenvalue weighted by molar-refractivity contribution is 0.110. The molecule has 0 spiro atoms. The van der Waals surface area contributed by atoms with E-state index in [1.165, 1.54) is 18.2 Å². The van der Waals surface area contributed by atoms with Gasteiger partial charge in [0.1, 0.15) is 11.9 Å². The second kappa shape index (κ2) is 9.41. The molecular weight excluding hydrogens is 235 g/mol. The van der Waals surface area contributed by atoms with E-state index in [1.807, 2.05) is 6.92 Å². The van der Waals surface area contributed by atoms with E-state index in [4.69, 9.17) is 4.74 Å². The molecular formula is C13H21FN2O2. The fourth-order valence-corrected chi connectivity index (χ4v) is 1.16. The van der Waals surface area contributed by atoms with Gasteiger partial charge in [0.15, 0.2) is 0 Å². The smallest absolute Gasteiger partial charge is 0.411 e. The van der Waals surface area contributed by atoms with Crippen LogP contribution in [0, 0.1) is 0 Å². The second-order valence-corrected chi connectivity index (χ2v) is 3.75. The fraction of sp³-hybridized carbons (Fsp3) is 0.462. The quantitative estimate of drug-likeness (QED) is 0.688. The number of allylic oxidation sites excluding steroid dienone is 4. The largest absolute Gasteiger partial charge is 0.445 e. The Morgan fingerprint density at radius 3 is 2.72 bits per heavy atom. The number of alkyl carbamates (subject to hydrolysis) is 1. The van der Waals surface area contributed by atoms with Crippen molar-refractivity contribution >= 4 is 6.09 Å². The summed E-state index contributed by atoms with van der Waals surface area (Å²) in [6.45, 7) is 7.73. The van der Waals surface area contributed by atoms with Crippen LogP contribution in [-0.4, -0.2) is 25.8 Å². The van der Waals surface area contributed by atoms with Crippen LogP contribution in [0.2, 0.25) is 0 Å². The first-order valence-electron chi connectivity index (χ1n) is 5.84. The van der Waals surface area contributed by atoms with E-state index in [9.17, 15) is 9.18 Å². The molecule has 0 aromatic heterocycles. The van der Waals surface area contributed by atoms with Crippen molar-refractivity contribution in [2.24, 2.45) is 0 Å². The molecule has 1 atom stereocenters. The first kappa shape index (κ1) is 16.4. The first-order chi connectivity index (χ1) is 8.49. The van der Waals surface area contributed by atoms with Crippen LogP contribution in [0.25, 0.3) is 0 Å². The summed E-state index contributed by atoms with van der Waals surface area (Å²) in [6, 6.07) is 0. The molecule has 0 saturated heterocycles. The number of amides is 1. The Morgan fingerprint density at radius 1 is 1.50 bits per heavy atom. The highest BCUT2D eigenvalue weighted by molar-refractivity contribution is 5.70. The summed E-state index contributed by atoms with van der Waals surface area (Å²) in [5.41, 5.74) is 0.274. The van der Waals surface area contributed by atoms with Gasteiger partial charge in [-0.2, -0.15) is 0 Å². The van der Waals surface area contributed by atoms with Crippen molar-refractivity contribution in [1.82, 2.24) is 10.6 Å². The highest BCUT2D eigenvalue weighted by Crippen LogP contribution is 2.02. The van der Waals surface area contributed by atoms with Gasteiger partial charge in [-0.05, 0) is 38.6 Å². The molecule has 0 radical (unpaired) electrons. The molecule has 0 bridgehead atoms. The molecule has 0 heterocycles. The summed E-state index contributed by atoms with van der Waals surface area (Å²) in [5.74, 6) is -0.364. The van der Waals surface area contributed by atoms with E-state index in [0.717, 1.165) is 0 Å². The van der Waals surface area contributed by atoms with Crippen LogP contribution >= 0.6 is 0 Å². The number of likely N-dealkylation sites (N-methyl/N-ethyl adjacent to an activating group) is 1. The third-order valence-electron chi connectivity index (χ3n) is 1.91. The van der Waals surface area contributed by atoms with Crippen LogP contribution in [0.5, 0.6) is 0 Å². The molecule has 1 amide bonds. The van der Waals surface area contributed by atoms with Gasteiger partial charge in [-0.25, -0.2) is 9.18 Å². The number of carbonyl (C=O) groups excluding carboxylic acids is 1. The normalized spacial score (nSPS) is 13.4. The maximum Gasteiger partial charge on any atom is 0.411 e. The van der Waals surface area contributed by atoms with Gasteiger partial charge >= 0.3 is 6.09 Å². The Hall–Kier alpha value is -1.62. The Balaban J connectivity index is 4.09. The van der Waals surface area contributed by atoms with Crippen molar-refractivity contribution in [2.75, 3.05) is 13.6 Å². The molecule has 4 nitrogen and oxygen atoms in total. The van der Waals surface area contributed by atoms with Gasteiger partial charge in [0.25, 0.3) is 0 Å². The number of ether oxygens (including phenoxy) is 1. The standard InChI is InChI=1S/C13H21FN2O2/c1-5-6-12(14)8-7-10(2)16-13(17)18-11(3)9-15-4/h6-8,11,15H,2,5,9H2,1,3-4H3,(H,16,17)/b8-7-,12-6+. The molecule has 0 saturated carbocycles. The minimum atomic E-state index is -0.604. The molecule has 0 aliphatic rings. The van der Waals surface area contributed by atoms with Crippen LogP contribution in [0.4, 0.5) is 9.18 Å². The van der Waals surface area contributed by atoms with Gasteiger partial charge in [0.2, 0.25) is 0 Å². The van der Waals surface area contributed by atoms with E-state index in [-0.39, 0.29) is 17.6 Å². The molecule has 18 heavy (non-hydrogen) atoms. The van der Waals surface area contributed by atoms with E-state index >= 15 is 0 Å². The lowest BCUT2D eigenvalue weighted by Gasteiger charge is -2.13. The van der Waals surface area contributed by atoms with Crippen molar-refractivity contribution in [3.05, 3.63) is 36.3 Å². The van der Waals surface area contributed by atoms with Gasteiger partial charge in [-0.1, -0.05) is 13.5 Å². The SMILES string of the molecule is C=C(/C=C\C(F)=C/CC)NC(=O)OC(C)CNC. The second-order valence-electron chi connectivity index (χ2n) is 3.75. The monoisotopic (exact) mass is 256 g/mol. The highest BCUT2D eigenvalue weighted by atomic mass is 19.1. The topological polar surface area (TPSA) is 50.4 Å². The molecule has 5 heteroatoms. The highest BCUT2D eigenvalue weighted by Gasteiger charge is 2.07. The summed E-state index contributed by atoms with van der Waals surface area (Å²) < 4.78 is 18.0. The van der Waals surface area contributed by atoms with Crippen molar-refractivity contribution in [1.29, 1.82) is 0 Å². The molecule has 0 aliphatic carbocycles. The summed E-state index contributed by atoms with van der Waals surface area (Å²) in [6.07, 6.45) is 3.81. The third kappa shape index (κ3) is 8.52. The molecule has 2 N–H and O–H groups in total.